The predicted octanol–water partition coefficient (Wildman–Crippen LogP) is 3.74. The first-order valence-corrected chi connectivity index (χ1v) is 8.99. The Bertz CT molecular complexity index is 714. The van der Waals surface area contributed by atoms with E-state index in [-0.39, 0.29) is 0 Å². The van der Waals surface area contributed by atoms with Crippen LogP contribution in [0.5, 0.6) is 0 Å². The first-order valence-electron chi connectivity index (χ1n) is 7.60. The van der Waals surface area contributed by atoms with E-state index in [1.807, 2.05) is 12.1 Å². The molecule has 0 fully saturated rings. The molecular formula is C18H28N2O4S. The number of benzene rings is 2. The highest BCUT2D eigenvalue weighted by Gasteiger charge is 1.99. The summed E-state index contributed by atoms with van der Waals surface area (Å²) in [6.45, 7) is 12.5. The van der Waals surface area contributed by atoms with E-state index in [9.17, 15) is 0 Å². The molecule has 25 heavy (non-hydrogen) atoms. The van der Waals surface area contributed by atoms with Crippen LogP contribution >= 0.6 is 0 Å². The minimum atomic E-state index is -4.67. The molecule has 0 aromatic heterocycles. The lowest BCUT2D eigenvalue weighted by atomic mass is 10.0. The van der Waals surface area contributed by atoms with Gasteiger partial charge < -0.3 is 11.5 Å². The van der Waals surface area contributed by atoms with Gasteiger partial charge in [0.2, 0.25) is 0 Å². The van der Waals surface area contributed by atoms with Crippen molar-refractivity contribution in [2.24, 2.45) is 0 Å². The number of nitrogen functional groups attached to an aromatic ring is 2. The molecule has 0 heterocycles. The summed E-state index contributed by atoms with van der Waals surface area (Å²) in [5.41, 5.74) is 20.8. The Labute approximate surface area is 150 Å². The average molecular weight is 368 g/mol. The minimum Gasteiger partial charge on any atom is -0.399 e. The summed E-state index contributed by atoms with van der Waals surface area (Å²) in [5.74, 6) is 0. The van der Waals surface area contributed by atoms with Crippen molar-refractivity contribution in [2.45, 2.75) is 41.5 Å². The second-order valence-corrected chi connectivity index (χ2v) is 6.79. The van der Waals surface area contributed by atoms with Gasteiger partial charge in [0.1, 0.15) is 0 Å². The van der Waals surface area contributed by atoms with E-state index in [1.165, 1.54) is 33.4 Å². The Kier molecular flexibility index (Phi) is 8.62. The van der Waals surface area contributed by atoms with Crippen molar-refractivity contribution in [1.29, 1.82) is 0 Å². The van der Waals surface area contributed by atoms with Crippen LogP contribution in [0.4, 0.5) is 11.4 Å². The number of nitrogens with two attached hydrogens (primary N) is 2. The van der Waals surface area contributed by atoms with Crippen LogP contribution in [0.2, 0.25) is 0 Å². The van der Waals surface area contributed by atoms with Crippen LogP contribution in [-0.4, -0.2) is 17.5 Å². The van der Waals surface area contributed by atoms with Crippen molar-refractivity contribution in [2.75, 3.05) is 11.5 Å². The normalized spacial score (nSPS) is 10.2. The summed E-state index contributed by atoms with van der Waals surface area (Å²) < 4.78 is 31.6. The van der Waals surface area contributed by atoms with E-state index in [4.69, 9.17) is 29.0 Å². The molecule has 0 aliphatic heterocycles. The quantitative estimate of drug-likeness (QED) is 0.414. The van der Waals surface area contributed by atoms with Gasteiger partial charge in [-0.15, -0.1) is 0 Å². The smallest absolute Gasteiger partial charge is 0.394 e. The van der Waals surface area contributed by atoms with Crippen LogP contribution in [0.15, 0.2) is 24.3 Å². The highest BCUT2D eigenvalue weighted by molar-refractivity contribution is 7.79. The molecule has 0 saturated heterocycles. The molecule has 7 heteroatoms. The van der Waals surface area contributed by atoms with E-state index in [0.717, 1.165) is 11.4 Å². The van der Waals surface area contributed by atoms with E-state index in [2.05, 4.69) is 53.7 Å². The summed E-state index contributed by atoms with van der Waals surface area (Å²) >= 11 is 0. The summed E-state index contributed by atoms with van der Waals surface area (Å²) in [6.07, 6.45) is 0. The molecule has 0 spiro atoms. The maximum Gasteiger partial charge on any atom is 0.394 e. The number of hydrogen-bond acceptors (Lipinski definition) is 4. The summed E-state index contributed by atoms with van der Waals surface area (Å²) in [5, 5.41) is 0. The predicted molar refractivity (Wildman–Crippen MR) is 104 cm³/mol. The topological polar surface area (TPSA) is 127 Å². The van der Waals surface area contributed by atoms with E-state index in [1.54, 1.807) is 0 Å². The Morgan fingerprint density at radius 3 is 1.08 bits per heavy atom. The van der Waals surface area contributed by atoms with Gasteiger partial charge in [0.25, 0.3) is 0 Å². The molecule has 0 radical (unpaired) electrons. The fourth-order valence-corrected chi connectivity index (χ4v) is 1.95. The fourth-order valence-electron chi connectivity index (χ4n) is 1.95. The standard InChI is InChI=1S/2C9H13N.H2O4S/c2*1-6-4-5-9(10)8(3)7(6)2;1-5(2,3)4/h2*4-5H,10H2,1-3H3;(H2,1,2,3,4). The first kappa shape index (κ1) is 22.9. The van der Waals surface area contributed by atoms with Crippen molar-refractivity contribution in [3.63, 3.8) is 0 Å². The number of hydrogen-bond donors (Lipinski definition) is 4. The zero-order valence-electron chi connectivity index (χ0n) is 15.6. The average Bonchev–Trinajstić information content (AvgIpc) is 2.50. The summed E-state index contributed by atoms with van der Waals surface area (Å²) in [6, 6.07) is 8.02. The molecule has 0 saturated carbocycles. The van der Waals surface area contributed by atoms with Crippen molar-refractivity contribution >= 4 is 21.8 Å². The third-order valence-corrected chi connectivity index (χ3v) is 4.20. The maximum atomic E-state index is 8.74. The third kappa shape index (κ3) is 8.53. The van der Waals surface area contributed by atoms with E-state index >= 15 is 0 Å². The van der Waals surface area contributed by atoms with Crippen molar-refractivity contribution in [1.82, 2.24) is 0 Å². The second kappa shape index (κ2) is 9.41. The molecule has 0 atom stereocenters. The number of rotatable bonds is 0. The van der Waals surface area contributed by atoms with Crippen molar-refractivity contribution in [3.8, 4) is 0 Å². The van der Waals surface area contributed by atoms with Gasteiger partial charge in [0.05, 0.1) is 0 Å². The first-order chi connectivity index (χ1) is 11.3. The molecule has 6 nitrogen and oxygen atoms in total. The van der Waals surface area contributed by atoms with Gasteiger partial charge in [-0.2, -0.15) is 8.42 Å². The van der Waals surface area contributed by atoms with Gasteiger partial charge in [-0.05, 0) is 87.1 Å². The van der Waals surface area contributed by atoms with Gasteiger partial charge in [-0.1, -0.05) is 12.1 Å². The van der Waals surface area contributed by atoms with Crippen LogP contribution in [-0.2, 0) is 10.4 Å². The number of anilines is 2. The third-order valence-electron chi connectivity index (χ3n) is 4.20. The van der Waals surface area contributed by atoms with Crippen LogP contribution in [0.1, 0.15) is 33.4 Å². The Balaban J connectivity index is 0.000000368. The van der Waals surface area contributed by atoms with Gasteiger partial charge in [0.15, 0.2) is 0 Å². The fraction of sp³-hybridized carbons (Fsp3) is 0.333. The lowest BCUT2D eigenvalue weighted by molar-refractivity contribution is 0.381. The SMILES string of the molecule is Cc1ccc(N)c(C)c1C.Cc1ccc(N)c(C)c1C.O=S(=O)(O)O. The zero-order chi connectivity index (χ0) is 19.9. The highest BCUT2D eigenvalue weighted by atomic mass is 32.3. The molecule has 0 bridgehead atoms. The van der Waals surface area contributed by atoms with Gasteiger partial charge in [-0.3, -0.25) is 9.11 Å². The summed E-state index contributed by atoms with van der Waals surface area (Å²) in [4.78, 5) is 0. The van der Waals surface area contributed by atoms with Crippen molar-refractivity contribution in [3.05, 3.63) is 57.6 Å². The molecule has 2 rings (SSSR count). The monoisotopic (exact) mass is 368 g/mol. The van der Waals surface area contributed by atoms with E-state index < -0.39 is 10.4 Å². The van der Waals surface area contributed by atoms with Crippen LogP contribution < -0.4 is 11.5 Å². The van der Waals surface area contributed by atoms with E-state index in [0.29, 0.717) is 0 Å². The number of aryl methyl sites for hydroxylation is 2. The molecule has 140 valence electrons. The lowest BCUT2D eigenvalue weighted by Gasteiger charge is -2.05. The van der Waals surface area contributed by atoms with Crippen LogP contribution in [0.3, 0.4) is 0 Å². The zero-order valence-corrected chi connectivity index (χ0v) is 16.4. The molecule has 2 aromatic rings. The Morgan fingerprint density at radius 1 is 0.640 bits per heavy atom. The molecule has 0 aliphatic carbocycles. The molecule has 2 aromatic carbocycles. The lowest BCUT2D eigenvalue weighted by Crippen LogP contribution is -1.93. The second-order valence-electron chi connectivity index (χ2n) is 5.89. The Morgan fingerprint density at radius 2 is 0.880 bits per heavy atom. The van der Waals surface area contributed by atoms with Gasteiger partial charge >= 0.3 is 10.4 Å². The van der Waals surface area contributed by atoms with Crippen LogP contribution in [0, 0.1) is 41.5 Å². The Hall–Kier alpha value is -2.09. The molecule has 0 aliphatic rings. The van der Waals surface area contributed by atoms with Gasteiger partial charge in [0, 0.05) is 11.4 Å². The van der Waals surface area contributed by atoms with Crippen LogP contribution in [0.25, 0.3) is 0 Å². The maximum absolute atomic E-state index is 8.74. The van der Waals surface area contributed by atoms with Gasteiger partial charge in [-0.25, -0.2) is 0 Å². The molecule has 0 unspecified atom stereocenters. The van der Waals surface area contributed by atoms with Crippen molar-refractivity contribution < 1.29 is 17.5 Å². The summed E-state index contributed by atoms with van der Waals surface area (Å²) in [7, 11) is -4.67. The highest BCUT2D eigenvalue weighted by Crippen LogP contribution is 2.18. The molecule has 6 N–H and O–H groups in total. The largest absolute Gasteiger partial charge is 0.399 e. The molecular weight excluding hydrogens is 340 g/mol. The minimum absolute atomic E-state index is 0.892. The molecule has 0 amide bonds.